The molecule has 0 saturated carbocycles. The minimum Gasteiger partial charge on any atom is -0.505 e. The molecule has 2 aromatic carbocycles. The summed E-state index contributed by atoms with van der Waals surface area (Å²) in [6.07, 6.45) is 0. The van der Waals surface area contributed by atoms with Crippen molar-refractivity contribution in [2.45, 2.75) is 19.8 Å². The van der Waals surface area contributed by atoms with Gasteiger partial charge in [-0.3, -0.25) is 4.79 Å². The van der Waals surface area contributed by atoms with Crippen molar-refractivity contribution in [1.29, 1.82) is 0 Å². The predicted molar refractivity (Wildman–Crippen MR) is 100 cm³/mol. The van der Waals surface area contributed by atoms with Crippen LogP contribution in [-0.2, 0) is 0 Å². The highest BCUT2D eigenvalue weighted by atomic mass is 19.1. The van der Waals surface area contributed by atoms with E-state index in [-0.39, 0.29) is 11.3 Å². The van der Waals surface area contributed by atoms with Gasteiger partial charge in [0.05, 0.1) is 0 Å². The molecule has 2 aromatic rings. The Balaban J connectivity index is 2.13. The van der Waals surface area contributed by atoms with Crippen molar-refractivity contribution in [1.82, 2.24) is 0 Å². The van der Waals surface area contributed by atoms with E-state index in [2.05, 4.69) is 13.8 Å². The number of hydrogen-bond donors (Lipinski definition) is 1. The zero-order chi connectivity index (χ0) is 19.3. The molecule has 1 N–H and O–H groups in total. The summed E-state index contributed by atoms with van der Waals surface area (Å²) in [6, 6.07) is 12.1. The monoisotopic (exact) mass is 366 g/mol. The zero-order valence-corrected chi connectivity index (χ0v) is 14.7. The van der Waals surface area contributed by atoms with Gasteiger partial charge < -0.3 is 9.52 Å². The lowest BCUT2D eigenvalue weighted by Gasteiger charge is -2.16. The fraction of sp³-hybridized carbons (Fsp3) is 0.136. The number of phenolic OH excluding ortho intramolecular Hbond substituents is 1. The molecule has 27 heavy (non-hydrogen) atoms. The third kappa shape index (κ3) is 2.85. The Morgan fingerprint density at radius 2 is 1.67 bits per heavy atom. The standard InChI is InChI=1S/C22H16F2O3/c1-11(2)12-3-5-13(6-4-12)22-14-7-16(23)18(25)9-20(14)27-21-10-19(26)17(24)8-15(21)22/h3-11,25H,1-2H3. The summed E-state index contributed by atoms with van der Waals surface area (Å²) >= 11 is 0. The Morgan fingerprint density at radius 1 is 0.963 bits per heavy atom. The second-order valence-corrected chi connectivity index (χ2v) is 6.83. The number of rotatable bonds is 2. The normalized spacial score (nSPS) is 11.6. The summed E-state index contributed by atoms with van der Waals surface area (Å²) < 4.78 is 33.7. The highest BCUT2D eigenvalue weighted by Crippen LogP contribution is 2.41. The van der Waals surface area contributed by atoms with E-state index in [0.29, 0.717) is 22.4 Å². The molecule has 1 aliphatic carbocycles. The molecule has 2 aliphatic rings. The quantitative estimate of drug-likeness (QED) is 0.465. The van der Waals surface area contributed by atoms with Crippen molar-refractivity contribution < 1.29 is 18.3 Å². The van der Waals surface area contributed by atoms with Crippen LogP contribution >= 0.6 is 0 Å². The van der Waals surface area contributed by atoms with Crippen molar-refractivity contribution in [2.75, 3.05) is 0 Å². The van der Waals surface area contributed by atoms with Gasteiger partial charge in [-0.1, -0.05) is 38.1 Å². The van der Waals surface area contributed by atoms with Gasteiger partial charge >= 0.3 is 0 Å². The topological polar surface area (TPSA) is 50.4 Å². The van der Waals surface area contributed by atoms with Crippen LogP contribution < -0.4 is 5.43 Å². The fourth-order valence-corrected chi connectivity index (χ4v) is 3.25. The fourth-order valence-electron chi connectivity index (χ4n) is 3.25. The summed E-state index contributed by atoms with van der Waals surface area (Å²) in [5, 5.41) is 10.1. The lowest BCUT2D eigenvalue weighted by molar-refractivity contribution is 0.432. The molecule has 1 aliphatic heterocycles. The molecule has 3 nitrogen and oxygen atoms in total. The van der Waals surface area contributed by atoms with E-state index in [1.165, 1.54) is 0 Å². The first kappa shape index (κ1) is 17.2. The molecular weight excluding hydrogens is 350 g/mol. The van der Waals surface area contributed by atoms with Gasteiger partial charge in [0.1, 0.15) is 11.3 Å². The Hall–Kier alpha value is -3.21. The average Bonchev–Trinajstić information content (AvgIpc) is 2.63. The van der Waals surface area contributed by atoms with Crippen LogP contribution in [0.25, 0.3) is 33.4 Å². The van der Waals surface area contributed by atoms with Crippen LogP contribution in [0.5, 0.6) is 5.75 Å². The van der Waals surface area contributed by atoms with Gasteiger partial charge in [0.25, 0.3) is 0 Å². The van der Waals surface area contributed by atoms with E-state index >= 15 is 0 Å². The summed E-state index contributed by atoms with van der Waals surface area (Å²) in [4.78, 5) is 11.7. The smallest absolute Gasteiger partial charge is 0.217 e. The molecule has 0 aromatic heterocycles. The molecule has 0 unspecified atom stereocenters. The second kappa shape index (κ2) is 6.20. The number of phenols is 1. The van der Waals surface area contributed by atoms with Crippen LogP contribution in [0.15, 0.2) is 57.7 Å². The first-order chi connectivity index (χ1) is 12.8. The Kier molecular flexibility index (Phi) is 3.95. The van der Waals surface area contributed by atoms with Crippen LogP contribution in [0.3, 0.4) is 0 Å². The Morgan fingerprint density at radius 3 is 2.33 bits per heavy atom. The van der Waals surface area contributed by atoms with Crippen LogP contribution in [0.2, 0.25) is 0 Å². The van der Waals surface area contributed by atoms with Gasteiger partial charge in [0, 0.05) is 28.6 Å². The van der Waals surface area contributed by atoms with Crippen LogP contribution in [0.1, 0.15) is 25.3 Å². The van der Waals surface area contributed by atoms with Gasteiger partial charge in [-0.05, 0) is 29.2 Å². The largest absolute Gasteiger partial charge is 0.505 e. The minimum absolute atomic E-state index is 0.169. The first-order valence-electron chi connectivity index (χ1n) is 8.54. The molecule has 5 heteroatoms. The molecule has 0 fully saturated rings. The lowest BCUT2D eigenvalue weighted by atomic mass is 9.92. The molecule has 136 valence electrons. The summed E-state index contributed by atoms with van der Waals surface area (Å²) in [5.74, 6) is -1.76. The number of hydrogen-bond acceptors (Lipinski definition) is 3. The zero-order valence-electron chi connectivity index (χ0n) is 14.7. The highest BCUT2D eigenvalue weighted by molar-refractivity contribution is 6.02. The van der Waals surface area contributed by atoms with E-state index in [9.17, 15) is 18.7 Å². The number of aromatic hydroxyl groups is 1. The van der Waals surface area contributed by atoms with Gasteiger partial charge in [-0.25, -0.2) is 8.78 Å². The highest BCUT2D eigenvalue weighted by Gasteiger charge is 2.21. The molecule has 0 amide bonds. The van der Waals surface area contributed by atoms with Gasteiger partial charge in [-0.15, -0.1) is 0 Å². The number of halogens is 2. The van der Waals surface area contributed by atoms with Crippen LogP contribution in [0.4, 0.5) is 8.78 Å². The first-order valence-corrected chi connectivity index (χ1v) is 8.54. The van der Waals surface area contributed by atoms with E-state index in [4.69, 9.17) is 4.42 Å². The number of benzene rings is 3. The Labute approximate surface area is 153 Å². The van der Waals surface area contributed by atoms with E-state index < -0.39 is 22.8 Å². The molecule has 4 rings (SSSR count). The van der Waals surface area contributed by atoms with Gasteiger partial charge in [0.2, 0.25) is 5.43 Å². The lowest BCUT2D eigenvalue weighted by Crippen LogP contribution is -2.06. The third-order valence-corrected chi connectivity index (χ3v) is 4.71. The molecule has 0 bridgehead atoms. The summed E-state index contributed by atoms with van der Waals surface area (Å²) in [7, 11) is 0. The van der Waals surface area contributed by atoms with Gasteiger partial charge in [-0.2, -0.15) is 0 Å². The van der Waals surface area contributed by atoms with Crippen molar-refractivity contribution in [3.63, 3.8) is 0 Å². The molecule has 0 radical (unpaired) electrons. The van der Waals surface area contributed by atoms with E-state index in [1.54, 1.807) is 0 Å². The van der Waals surface area contributed by atoms with Crippen molar-refractivity contribution in [3.05, 3.63) is 76.0 Å². The Bertz CT molecular complexity index is 1190. The number of fused-ring (bicyclic) bond motifs is 2. The average molecular weight is 366 g/mol. The summed E-state index contributed by atoms with van der Waals surface area (Å²) in [5.41, 5.74) is 2.17. The van der Waals surface area contributed by atoms with Crippen molar-refractivity contribution >= 4 is 11.0 Å². The maximum absolute atomic E-state index is 14.0. The molecule has 0 spiro atoms. The molecule has 1 heterocycles. The van der Waals surface area contributed by atoms with E-state index in [0.717, 1.165) is 35.4 Å². The minimum atomic E-state index is -0.906. The molecular formula is C22H16F2O3. The predicted octanol–water partition coefficient (Wildman–Crippen LogP) is 5.67. The van der Waals surface area contributed by atoms with Gasteiger partial charge in [0.15, 0.2) is 17.4 Å². The molecule has 0 atom stereocenters. The van der Waals surface area contributed by atoms with Crippen molar-refractivity contribution in [2.24, 2.45) is 0 Å². The maximum Gasteiger partial charge on any atom is 0.217 e. The molecule has 0 saturated heterocycles. The summed E-state index contributed by atoms with van der Waals surface area (Å²) in [6.45, 7) is 4.15. The SMILES string of the molecule is CC(C)c1ccc(-c2c3cc(F)c(=O)cc-3oc3cc(O)c(F)cc23)cc1. The van der Waals surface area contributed by atoms with E-state index in [1.807, 2.05) is 24.3 Å². The maximum atomic E-state index is 14.0. The van der Waals surface area contributed by atoms with Crippen LogP contribution in [-0.4, -0.2) is 5.11 Å². The van der Waals surface area contributed by atoms with Crippen molar-refractivity contribution in [3.8, 4) is 28.2 Å². The second-order valence-electron chi connectivity index (χ2n) is 6.83. The van der Waals surface area contributed by atoms with Crippen LogP contribution in [0, 0.1) is 11.6 Å². The third-order valence-electron chi connectivity index (χ3n) is 4.71.